The fourth-order valence-electron chi connectivity index (χ4n) is 5.34. The average Bonchev–Trinajstić information content (AvgIpc) is 3.73. The van der Waals surface area contributed by atoms with Crippen LogP contribution in [0.15, 0.2) is 72.0 Å². The molecule has 0 radical (unpaired) electrons. The van der Waals surface area contributed by atoms with Gasteiger partial charge in [0.1, 0.15) is 12.2 Å². The molecule has 0 saturated carbocycles. The number of aromatic amines is 2. The van der Waals surface area contributed by atoms with Crippen molar-refractivity contribution in [1.82, 2.24) is 39.7 Å². The molecule has 2 aromatic carbocycles. The highest BCUT2D eigenvalue weighted by Gasteiger charge is 2.28. The number of hydrogen-bond acceptors (Lipinski definition) is 6. The lowest BCUT2D eigenvalue weighted by molar-refractivity contribution is 0.0699. The Kier molecular flexibility index (Phi) is 5.20. The summed E-state index contributed by atoms with van der Waals surface area (Å²) < 4.78 is 3.30. The molecule has 12 heteroatoms. The van der Waals surface area contributed by atoms with E-state index in [4.69, 9.17) is 11.6 Å². The van der Waals surface area contributed by atoms with Crippen LogP contribution in [0, 0.1) is 0 Å². The van der Waals surface area contributed by atoms with Gasteiger partial charge in [-0.25, -0.2) is 9.78 Å². The summed E-state index contributed by atoms with van der Waals surface area (Å²) in [4.78, 5) is 36.0. The molecule has 11 nitrogen and oxygen atoms in total. The van der Waals surface area contributed by atoms with Gasteiger partial charge in [-0.1, -0.05) is 17.7 Å². The van der Waals surface area contributed by atoms with Gasteiger partial charge in [0.2, 0.25) is 0 Å². The van der Waals surface area contributed by atoms with Crippen LogP contribution in [0.4, 0.5) is 0 Å². The van der Waals surface area contributed by atoms with Gasteiger partial charge in [-0.15, -0.1) is 5.10 Å². The molecule has 0 spiro atoms. The lowest BCUT2D eigenvalue weighted by atomic mass is 10.0. The molecule has 0 fully saturated rings. The zero-order valence-corrected chi connectivity index (χ0v) is 20.9. The van der Waals surface area contributed by atoms with Crippen molar-refractivity contribution in [3.05, 3.63) is 99.7 Å². The Balaban J connectivity index is 1.25. The second kappa shape index (κ2) is 8.77. The van der Waals surface area contributed by atoms with E-state index in [9.17, 15) is 14.7 Å². The monoisotopic (exact) mass is 538 g/mol. The van der Waals surface area contributed by atoms with Gasteiger partial charge in [-0.05, 0) is 65.2 Å². The highest BCUT2D eigenvalue weighted by molar-refractivity contribution is 6.31. The first-order valence-corrected chi connectivity index (χ1v) is 12.5. The van der Waals surface area contributed by atoms with Crippen molar-refractivity contribution in [3.8, 4) is 28.1 Å². The maximum Gasteiger partial charge on any atom is 0.337 e. The first-order valence-electron chi connectivity index (χ1n) is 12.1. The fraction of sp³-hybridized carbons (Fsp3) is 0.111. The predicted molar refractivity (Wildman–Crippen MR) is 143 cm³/mol. The number of carboxylic acid groups (broad SMARTS) is 1. The van der Waals surface area contributed by atoms with Crippen LogP contribution < -0.4 is 5.56 Å². The zero-order chi connectivity index (χ0) is 26.7. The highest BCUT2D eigenvalue weighted by atomic mass is 35.5. The summed E-state index contributed by atoms with van der Waals surface area (Å²) in [6.07, 6.45) is 6.10. The van der Waals surface area contributed by atoms with E-state index >= 15 is 0 Å². The first kappa shape index (κ1) is 23.1. The molecule has 0 saturated heterocycles. The van der Waals surface area contributed by atoms with Gasteiger partial charge in [0.25, 0.3) is 5.56 Å². The van der Waals surface area contributed by atoms with Crippen LogP contribution >= 0.6 is 11.6 Å². The number of rotatable bonds is 5. The molecule has 6 aromatic rings. The van der Waals surface area contributed by atoms with Crippen LogP contribution in [0.25, 0.3) is 39.0 Å². The summed E-state index contributed by atoms with van der Waals surface area (Å²) in [5, 5.41) is 22.1. The van der Waals surface area contributed by atoms with E-state index in [-0.39, 0.29) is 17.2 Å². The smallest absolute Gasteiger partial charge is 0.337 e. The normalized spacial score (nSPS) is 14.6. The van der Waals surface area contributed by atoms with Crippen LogP contribution in [0.3, 0.4) is 0 Å². The minimum Gasteiger partial charge on any atom is -0.478 e. The number of aryl methyl sites for hydroxylation is 1. The molecule has 5 heterocycles. The summed E-state index contributed by atoms with van der Waals surface area (Å²) in [5.74, 6) is -0.323. The Hall–Kier alpha value is -5.03. The van der Waals surface area contributed by atoms with E-state index < -0.39 is 5.97 Å². The van der Waals surface area contributed by atoms with Crippen molar-refractivity contribution < 1.29 is 9.90 Å². The number of pyridine rings is 1. The Morgan fingerprint density at radius 1 is 1.10 bits per heavy atom. The predicted octanol–water partition coefficient (Wildman–Crippen LogP) is 4.25. The lowest BCUT2D eigenvalue weighted by Crippen LogP contribution is -2.23. The number of tetrazole rings is 1. The number of imidazole rings is 1. The molecule has 1 atom stereocenters. The molecular formula is C27H19ClN8O3. The Labute approximate surface area is 224 Å². The fourth-order valence-corrected chi connectivity index (χ4v) is 5.51. The molecule has 0 amide bonds. The number of nitrogens with one attached hydrogen (secondary N) is 2. The summed E-state index contributed by atoms with van der Waals surface area (Å²) in [5.41, 5.74) is 5.44. The maximum atomic E-state index is 13.4. The quantitative estimate of drug-likeness (QED) is 0.297. The van der Waals surface area contributed by atoms with Gasteiger partial charge in [-0.3, -0.25) is 4.79 Å². The van der Waals surface area contributed by atoms with Crippen LogP contribution in [-0.4, -0.2) is 50.8 Å². The third-order valence-corrected chi connectivity index (χ3v) is 7.37. The van der Waals surface area contributed by atoms with E-state index in [1.54, 1.807) is 29.0 Å². The molecule has 39 heavy (non-hydrogen) atoms. The Morgan fingerprint density at radius 2 is 2.00 bits per heavy atom. The van der Waals surface area contributed by atoms with Gasteiger partial charge in [0.05, 0.1) is 29.2 Å². The number of halogens is 1. The molecule has 3 N–H and O–H groups in total. The van der Waals surface area contributed by atoms with Gasteiger partial charge in [0.15, 0.2) is 0 Å². The second-order valence-electron chi connectivity index (χ2n) is 9.36. The molecule has 1 aliphatic rings. The van der Waals surface area contributed by atoms with Gasteiger partial charge in [-0.2, -0.15) is 4.68 Å². The lowest BCUT2D eigenvalue weighted by Gasteiger charge is -2.15. The van der Waals surface area contributed by atoms with E-state index in [0.717, 1.165) is 33.6 Å². The number of benzene rings is 2. The van der Waals surface area contributed by atoms with Crippen LogP contribution in [0.5, 0.6) is 0 Å². The topological polar surface area (TPSA) is 147 Å². The van der Waals surface area contributed by atoms with Crippen molar-refractivity contribution in [2.24, 2.45) is 0 Å². The van der Waals surface area contributed by atoms with Crippen molar-refractivity contribution in [2.75, 3.05) is 0 Å². The van der Waals surface area contributed by atoms with Crippen molar-refractivity contribution in [3.63, 3.8) is 0 Å². The molecule has 4 aromatic heterocycles. The molecule has 0 bridgehead atoms. The molecule has 0 unspecified atom stereocenters. The third kappa shape index (κ3) is 3.82. The summed E-state index contributed by atoms with van der Waals surface area (Å²) in [6.45, 7) is 0. The van der Waals surface area contributed by atoms with E-state index in [1.165, 1.54) is 17.2 Å². The molecule has 192 valence electrons. The SMILES string of the molecule is O=C(O)c1c[nH]c2ccc(-c3cnc([C@@H]4CCc5cc(-c6cc(Cl)ccc6-n6cnnn6)cc(=O)n54)[nH]3)cc12. The second-order valence-corrected chi connectivity index (χ2v) is 9.80. The summed E-state index contributed by atoms with van der Waals surface area (Å²) in [6, 6.07) is 14.3. The van der Waals surface area contributed by atoms with Crippen LogP contribution in [-0.2, 0) is 6.42 Å². The minimum atomic E-state index is -0.993. The van der Waals surface area contributed by atoms with Crippen molar-refractivity contribution >= 4 is 28.5 Å². The maximum absolute atomic E-state index is 13.4. The Morgan fingerprint density at radius 3 is 2.82 bits per heavy atom. The van der Waals surface area contributed by atoms with Crippen LogP contribution in [0.2, 0.25) is 5.02 Å². The number of aromatic nitrogens is 8. The molecule has 7 rings (SSSR count). The molecule has 0 aliphatic carbocycles. The number of aromatic carboxylic acids is 1. The van der Waals surface area contributed by atoms with E-state index in [0.29, 0.717) is 34.8 Å². The number of hydrogen-bond donors (Lipinski definition) is 3. The van der Waals surface area contributed by atoms with E-state index in [1.807, 2.05) is 30.3 Å². The standard InChI is InChI=1S/C27H19ClN8O3/c28-16-2-5-23(35-13-31-33-34-35)18(10-16)15-7-17-3-6-24(36(17)25(37)9-15)26-30-12-22(32-26)14-1-4-21-19(8-14)20(11-29-21)27(38)39/h1-2,4-5,7-13,24,29H,3,6H2,(H,30,32)(H,38,39)/t24-/m0/s1. The minimum absolute atomic E-state index is 0.148. The first-order chi connectivity index (χ1) is 19.0. The van der Waals surface area contributed by atoms with Gasteiger partial charge < -0.3 is 19.6 Å². The third-order valence-electron chi connectivity index (χ3n) is 7.13. The zero-order valence-electron chi connectivity index (χ0n) is 20.2. The largest absolute Gasteiger partial charge is 0.478 e. The molecule has 1 aliphatic heterocycles. The van der Waals surface area contributed by atoms with Crippen molar-refractivity contribution in [2.45, 2.75) is 18.9 Å². The van der Waals surface area contributed by atoms with Crippen molar-refractivity contribution in [1.29, 1.82) is 0 Å². The number of nitrogens with zero attached hydrogens (tertiary/aromatic N) is 6. The average molecular weight is 539 g/mol. The number of fused-ring (bicyclic) bond motifs is 2. The number of H-pyrrole nitrogens is 2. The van der Waals surface area contributed by atoms with Crippen LogP contribution in [0.1, 0.15) is 34.3 Å². The van der Waals surface area contributed by atoms with Gasteiger partial charge in [0, 0.05) is 45.0 Å². The molecular weight excluding hydrogens is 520 g/mol. The van der Waals surface area contributed by atoms with E-state index in [2.05, 4.69) is 30.5 Å². The summed E-state index contributed by atoms with van der Waals surface area (Å²) in [7, 11) is 0. The Bertz CT molecular complexity index is 1950. The van der Waals surface area contributed by atoms with Gasteiger partial charge >= 0.3 is 5.97 Å². The summed E-state index contributed by atoms with van der Waals surface area (Å²) >= 11 is 6.30. The number of carboxylic acids is 1. The highest BCUT2D eigenvalue weighted by Crippen LogP contribution is 2.35. The number of carbonyl (C=O) groups is 1.